The van der Waals surface area contributed by atoms with Gasteiger partial charge in [0, 0.05) is 31.9 Å². The summed E-state index contributed by atoms with van der Waals surface area (Å²) in [4.78, 5) is 35.3. The van der Waals surface area contributed by atoms with Crippen LogP contribution in [0.2, 0.25) is 0 Å². The molecule has 8 nitrogen and oxygen atoms in total. The van der Waals surface area contributed by atoms with E-state index >= 15 is 0 Å². The fraction of sp³-hybridized carbons (Fsp3) is 0.519. The highest BCUT2D eigenvalue weighted by Crippen LogP contribution is 2.45. The number of fused-ring (bicyclic) bond motifs is 1. The van der Waals surface area contributed by atoms with Crippen LogP contribution in [-0.4, -0.2) is 72.3 Å². The molecule has 1 atom stereocenters. The number of thioether (sulfide) groups is 1. The molecule has 0 aromatic heterocycles. The summed E-state index contributed by atoms with van der Waals surface area (Å²) in [5, 5.41) is 5.80. The van der Waals surface area contributed by atoms with E-state index in [2.05, 4.69) is 28.4 Å². The van der Waals surface area contributed by atoms with Gasteiger partial charge >= 0.3 is 5.97 Å². The zero-order valence-corrected chi connectivity index (χ0v) is 22.6. The largest absolute Gasteiger partial charge is 0.459 e. The van der Waals surface area contributed by atoms with Crippen molar-refractivity contribution in [2.45, 2.75) is 53.2 Å². The maximum absolute atomic E-state index is 13.3. The lowest BCUT2D eigenvalue weighted by Crippen LogP contribution is -2.42. The lowest BCUT2D eigenvalue weighted by Gasteiger charge is -2.37. The van der Waals surface area contributed by atoms with Crippen LogP contribution in [0, 0.1) is 13.8 Å². The van der Waals surface area contributed by atoms with E-state index in [1.165, 1.54) is 11.8 Å². The minimum atomic E-state index is -0.411. The predicted octanol–water partition coefficient (Wildman–Crippen LogP) is 3.67. The normalized spacial score (nSPS) is 20.3. The predicted molar refractivity (Wildman–Crippen MR) is 142 cm³/mol. The van der Waals surface area contributed by atoms with Crippen molar-refractivity contribution in [3.8, 4) is 0 Å². The topological polar surface area (TPSA) is 83.5 Å². The van der Waals surface area contributed by atoms with Crippen molar-refractivity contribution in [3.63, 3.8) is 0 Å². The van der Waals surface area contributed by atoms with E-state index in [0.29, 0.717) is 17.8 Å². The van der Waals surface area contributed by atoms with E-state index in [1.807, 2.05) is 44.9 Å². The van der Waals surface area contributed by atoms with Crippen molar-refractivity contribution in [3.05, 3.63) is 57.3 Å². The molecule has 0 spiro atoms. The maximum Gasteiger partial charge on any atom is 0.338 e. The number of ether oxygens (including phenoxy) is 2. The average Bonchev–Trinajstić information content (AvgIpc) is 3.21. The number of rotatable bonds is 8. The van der Waals surface area contributed by atoms with Crippen molar-refractivity contribution in [1.82, 2.24) is 15.1 Å². The molecule has 1 amide bonds. The highest BCUT2D eigenvalue weighted by atomic mass is 32.2. The van der Waals surface area contributed by atoms with Gasteiger partial charge in [-0.25, -0.2) is 9.79 Å². The van der Waals surface area contributed by atoms with Crippen LogP contribution < -0.4 is 5.32 Å². The first-order valence-corrected chi connectivity index (χ1v) is 13.4. The Labute approximate surface area is 217 Å². The number of nitrogens with zero attached hydrogens (tertiary/aromatic N) is 3. The van der Waals surface area contributed by atoms with E-state index in [1.54, 1.807) is 0 Å². The highest BCUT2D eigenvalue weighted by Gasteiger charge is 2.41. The van der Waals surface area contributed by atoms with Crippen LogP contribution in [0.1, 0.15) is 49.9 Å². The molecule has 1 saturated heterocycles. The Morgan fingerprint density at radius 1 is 1.22 bits per heavy atom. The van der Waals surface area contributed by atoms with Gasteiger partial charge in [-0.3, -0.25) is 9.69 Å². The molecule has 1 aromatic carbocycles. The van der Waals surface area contributed by atoms with Crippen molar-refractivity contribution >= 4 is 28.8 Å². The molecule has 9 heteroatoms. The number of allylic oxidation sites excluding steroid dienone is 1. The second-order valence-corrected chi connectivity index (χ2v) is 10.5. The van der Waals surface area contributed by atoms with Gasteiger partial charge in [-0.1, -0.05) is 35.5 Å². The Hall–Kier alpha value is -2.62. The van der Waals surface area contributed by atoms with Crippen LogP contribution in [0.3, 0.4) is 0 Å². The molecule has 3 heterocycles. The number of morpholine rings is 1. The molecule has 1 unspecified atom stereocenters. The molecule has 1 N–H and O–H groups in total. The summed E-state index contributed by atoms with van der Waals surface area (Å²) in [6, 6.07) is 5.84. The molecule has 0 aliphatic carbocycles. The van der Waals surface area contributed by atoms with Crippen molar-refractivity contribution in [2.75, 3.05) is 39.4 Å². The molecule has 3 aliphatic rings. The quantitative estimate of drug-likeness (QED) is 0.532. The van der Waals surface area contributed by atoms with Gasteiger partial charge in [0.05, 0.1) is 43.1 Å². The number of hydrogen-bond donors (Lipinski definition) is 1. The third kappa shape index (κ3) is 6.02. The summed E-state index contributed by atoms with van der Waals surface area (Å²) in [7, 11) is 0. The summed E-state index contributed by atoms with van der Waals surface area (Å²) in [5.74, 6) is -0.420. The lowest BCUT2D eigenvalue weighted by atomic mass is 9.90. The average molecular weight is 513 g/mol. The molecule has 194 valence electrons. The third-order valence-electron chi connectivity index (χ3n) is 6.49. The van der Waals surface area contributed by atoms with Gasteiger partial charge in [0.25, 0.3) is 0 Å². The lowest BCUT2D eigenvalue weighted by molar-refractivity contribution is -0.143. The number of carbonyl (C=O) groups excluding carboxylic acids is 2. The Morgan fingerprint density at radius 3 is 2.69 bits per heavy atom. The van der Waals surface area contributed by atoms with Crippen molar-refractivity contribution < 1.29 is 19.1 Å². The zero-order chi connectivity index (χ0) is 25.8. The monoisotopic (exact) mass is 512 g/mol. The second-order valence-electron chi connectivity index (χ2n) is 9.69. The smallest absolute Gasteiger partial charge is 0.338 e. The summed E-state index contributed by atoms with van der Waals surface area (Å²) < 4.78 is 11.0. The Morgan fingerprint density at radius 2 is 1.97 bits per heavy atom. The zero-order valence-electron chi connectivity index (χ0n) is 21.8. The van der Waals surface area contributed by atoms with Crippen LogP contribution in [-0.2, 0) is 19.1 Å². The highest BCUT2D eigenvalue weighted by molar-refractivity contribution is 8.16. The standard InChI is InChI=1S/C27H36N4O4S/c1-17(2)35-26(33)24-20(5)29-27-31(25(24)22-14-18(3)6-7-19(22)4)21(16-36-27)15-23(32)28-8-9-30-10-12-34-13-11-30/h6-7,14,16-17,25H,8-13,15H2,1-5H3,(H,28,32). The van der Waals surface area contributed by atoms with Crippen molar-refractivity contribution in [1.29, 1.82) is 0 Å². The number of amidine groups is 1. The van der Waals surface area contributed by atoms with Crippen molar-refractivity contribution in [2.24, 2.45) is 4.99 Å². The number of esters is 1. The molecule has 0 saturated carbocycles. The van der Waals surface area contributed by atoms with Gasteiger partial charge in [0.2, 0.25) is 5.91 Å². The number of amides is 1. The Bertz CT molecular complexity index is 1100. The molecule has 4 rings (SSSR count). The van der Waals surface area contributed by atoms with Crippen LogP contribution in [0.15, 0.2) is 45.6 Å². The molecule has 1 fully saturated rings. The van der Waals surface area contributed by atoms with E-state index in [-0.39, 0.29) is 24.4 Å². The number of nitrogens with one attached hydrogen (secondary N) is 1. The number of benzene rings is 1. The number of hydrogen-bond acceptors (Lipinski definition) is 8. The summed E-state index contributed by atoms with van der Waals surface area (Å²) in [6.45, 7) is 14.3. The molecular weight excluding hydrogens is 476 g/mol. The molecular formula is C27H36N4O4S. The molecule has 3 aliphatic heterocycles. The first-order valence-electron chi connectivity index (χ1n) is 12.5. The van der Waals surface area contributed by atoms with Gasteiger partial charge in [-0.2, -0.15) is 0 Å². The molecule has 0 radical (unpaired) electrons. The Kier molecular flexibility index (Phi) is 8.54. The summed E-state index contributed by atoms with van der Waals surface area (Å²) in [5.41, 5.74) is 5.18. The number of aliphatic imine (C=N–C) groups is 1. The van der Waals surface area contributed by atoms with Gasteiger partial charge in [0.15, 0.2) is 5.17 Å². The van der Waals surface area contributed by atoms with Gasteiger partial charge in [-0.15, -0.1) is 0 Å². The summed E-state index contributed by atoms with van der Waals surface area (Å²) >= 11 is 1.49. The van der Waals surface area contributed by atoms with Crippen LogP contribution in [0.4, 0.5) is 0 Å². The fourth-order valence-electron chi connectivity index (χ4n) is 4.66. The second kappa shape index (κ2) is 11.6. The van der Waals surface area contributed by atoms with E-state index in [0.717, 1.165) is 60.4 Å². The van der Waals surface area contributed by atoms with Crippen LogP contribution in [0.25, 0.3) is 0 Å². The van der Waals surface area contributed by atoms with Crippen LogP contribution in [0.5, 0.6) is 0 Å². The maximum atomic E-state index is 13.3. The molecule has 0 bridgehead atoms. The fourth-order valence-corrected chi connectivity index (χ4v) is 5.63. The number of aryl methyl sites for hydroxylation is 2. The van der Waals surface area contributed by atoms with Crippen LogP contribution >= 0.6 is 11.8 Å². The first-order chi connectivity index (χ1) is 17.2. The van der Waals surface area contributed by atoms with E-state index in [4.69, 9.17) is 14.5 Å². The van der Waals surface area contributed by atoms with E-state index in [9.17, 15) is 9.59 Å². The molecule has 36 heavy (non-hydrogen) atoms. The molecule has 1 aromatic rings. The van der Waals surface area contributed by atoms with E-state index < -0.39 is 6.04 Å². The third-order valence-corrected chi connectivity index (χ3v) is 7.38. The first kappa shape index (κ1) is 26.4. The minimum Gasteiger partial charge on any atom is -0.459 e. The Balaban J connectivity index is 1.57. The van der Waals surface area contributed by atoms with Gasteiger partial charge in [0.1, 0.15) is 0 Å². The van der Waals surface area contributed by atoms with Gasteiger partial charge in [-0.05, 0) is 51.2 Å². The SMILES string of the molecule is CC1=C(C(=O)OC(C)C)C(c2cc(C)ccc2C)N2C(CC(=O)NCCN3CCOCC3)=CSC2=N1. The number of carbonyl (C=O) groups is 2. The minimum absolute atomic E-state index is 0.0475. The van der Waals surface area contributed by atoms with Gasteiger partial charge < -0.3 is 19.7 Å². The summed E-state index contributed by atoms with van der Waals surface area (Å²) in [6.07, 6.45) is -0.0372.